The molecule has 0 aliphatic heterocycles. The van der Waals surface area contributed by atoms with E-state index in [4.69, 9.17) is 5.11 Å². The molecule has 0 amide bonds. The lowest BCUT2D eigenvalue weighted by molar-refractivity contribution is 0.234. The summed E-state index contributed by atoms with van der Waals surface area (Å²) in [5.74, 6) is 0. The van der Waals surface area contributed by atoms with Gasteiger partial charge in [0.2, 0.25) is 0 Å². The average molecular weight is 245 g/mol. The number of anilines is 1. The van der Waals surface area contributed by atoms with E-state index in [2.05, 4.69) is 26.2 Å². The summed E-state index contributed by atoms with van der Waals surface area (Å²) >= 11 is 3.33. The number of aliphatic hydroxyl groups is 1. The molecule has 0 aliphatic carbocycles. The zero-order valence-corrected chi connectivity index (χ0v) is 9.30. The number of aliphatic hydroxyl groups excluding tert-OH is 1. The van der Waals surface area contributed by atoms with Gasteiger partial charge < -0.3 is 10.4 Å². The summed E-state index contributed by atoms with van der Waals surface area (Å²) < 4.78 is 0.922. The van der Waals surface area contributed by atoms with Gasteiger partial charge in [0, 0.05) is 10.7 Å². The summed E-state index contributed by atoms with van der Waals surface area (Å²) in [7, 11) is 0. The molecule has 4 heteroatoms. The van der Waals surface area contributed by atoms with Gasteiger partial charge in [-0.3, -0.25) is 4.98 Å². The van der Waals surface area contributed by atoms with E-state index in [1.165, 1.54) is 0 Å². The van der Waals surface area contributed by atoms with Gasteiger partial charge in [-0.15, -0.1) is 0 Å². The van der Waals surface area contributed by atoms with Crippen LogP contribution in [0.25, 0.3) is 0 Å². The van der Waals surface area contributed by atoms with E-state index >= 15 is 0 Å². The van der Waals surface area contributed by atoms with Crippen LogP contribution in [0, 0.1) is 0 Å². The van der Waals surface area contributed by atoms with Gasteiger partial charge in [-0.25, -0.2) is 0 Å². The van der Waals surface area contributed by atoms with Gasteiger partial charge in [0.25, 0.3) is 0 Å². The first kappa shape index (κ1) is 10.5. The van der Waals surface area contributed by atoms with E-state index in [-0.39, 0.29) is 12.1 Å². The Labute approximate surface area is 86.3 Å². The van der Waals surface area contributed by atoms with Crippen LogP contribution in [0.1, 0.15) is 13.8 Å². The lowest BCUT2D eigenvalue weighted by Gasteiger charge is -2.24. The highest BCUT2D eigenvalue weighted by Gasteiger charge is 2.15. The fourth-order valence-electron chi connectivity index (χ4n) is 0.910. The first-order valence-electron chi connectivity index (χ1n) is 4.03. The Morgan fingerprint density at radius 3 is 2.77 bits per heavy atom. The number of hydrogen-bond acceptors (Lipinski definition) is 3. The lowest BCUT2D eigenvalue weighted by atomic mass is 10.1. The number of rotatable bonds is 3. The Kier molecular flexibility index (Phi) is 3.27. The number of hydrogen-bond donors (Lipinski definition) is 2. The van der Waals surface area contributed by atoms with Crippen LogP contribution in [-0.4, -0.2) is 22.2 Å². The lowest BCUT2D eigenvalue weighted by Crippen LogP contribution is -2.34. The molecule has 3 nitrogen and oxygen atoms in total. The second-order valence-corrected chi connectivity index (χ2v) is 4.47. The molecule has 0 bridgehead atoms. The van der Waals surface area contributed by atoms with Crippen LogP contribution in [0.5, 0.6) is 0 Å². The molecule has 72 valence electrons. The van der Waals surface area contributed by atoms with Crippen LogP contribution in [0.3, 0.4) is 0 Å². The Hall–Kier alpha value is -0.610. The van der Waals surface area contributed by atoms with Crippen molar-refractivity contribution < 1.29 is 5.11 Å². The van der Waals surface area contributed by atoms with Crippen molar-refractivity contribution in [2.75, 3.05) is 11.9 Å². The molecule has 13 heavy (non-hydrogen) atoms. The molecule has 0 aliphatic rings. The summed E-state index contributed by atoms with van der Waals surface area (Å²) in [6, 6.07) is 1.92. The van der Waals surface area contributed by atoms with Crippen LogP contribution in [0.2, 0.25) is 0 Å². The first-order chi connectivity index (χ1) is 6.03. The van der Waals surface area contributed by atoms with Crippen molar-refractivity contribution in [1.82, 2.24) is 4.98 Å². The predicted molar refractivity (Wildman–Crippen MR) is 56.7 cm³/mol. The normalized spacial score (nSPS) is 11.4. The van der Waals surface area contributed by atoms with Crippen molar-refractivity contribution in [2.24, 2.45) is 0 Å². The maximum Gasteiger partial charge on any atom is 0.0656 e. The number of nitrogens with one attached hydrogen (secondary N) is 1. The summed E-state index contributed by atoms with van der Waals surface area (Å²) in [6.07, 6.45) is 3.44. The molecule has 0 fully saturated rings. The number of halogens is 1. The van der Waals surface area contributed by atoms with Gasteiger partial charge in [0.05, 0.1) is 24.0 Å². The van der Waals surface area contributed by atoms with Gasteiger partial charge in [0.15, 0.2) is 0 Å². The van der Waals surface area contributed by atoms with Crippen molar-refractivity contribution in [1.29, 1.82) is 0 Å². The Morgan fingerprint density at radius 2 is 2.23 bits per heavy atom. The predicted octanol–water partition coefficient (Wildman–Crippen LogP) is 2.03. The van der Waals surface area contributed by atoms with E-state index in [0.717, 1.165) is 10.2 Å². The molecular weight excluding hydrogens is 232 g/mol. The van der Waals surface area contributed by atoms with Crippen LogP contribution in [0.15, 0.2) is 22.9 Å². The van der Waals surface area contributed by atoms with Gasteiger partial charge in [-0.05, 0) is 35.8 Å². The van der Waals surface area contributed by atoms with Crippen molar-refractivity contribution in [3.8, 4) is 0 Å². The zero-order chi connectivity index (χ0) is 9.90. The molecule has 1 heterocycles. The van der Waals surface area contributed by atoms with Gasteiger partial charge in [0.1, 0.15) is 0 Å². The summed E-state index contributed by atoms with van der Waals surface area (Å²) in [6.45, 7) is 3.93. The topological polar surface area (TPSA) is 45.1 Å². The smallest absolute Gasteiger partial charge is 0.0656 e. The third kappa shape index (κ3) is 3.32. The number of aromatic nitrogens is 1. The summed E-state index contributed by atoms with van der Waals surface area (Å²) in [4.78, 5) is 4.01. The highest BCUT2D eigenvalue weighted by atomic mass is 79.9. The molecular formula is C9H13BrN2O. The highest BCUT2D eigenvalue weighted by Crippen LogP contribution is 2.17. The minimum atomic E-state index is -0.317. The minimum Gasteiger partial charge on any atom is -0.394 e. The Balaban J connectivity index is 2.74. The van der Waals surface area contributed by atoms with Gasteiger partial charge >= 0.3 is 0 Å². The van der Waals surface area contributed by atoms with Crippen molar-refractivity contribution in [3.05, 3.63) is 22.9 Å². The SMILES string of the molecule is CC(C)(CO)Nc1cncc(Br)c1. The zero-order valence-electron chi connectivity index (χ0n) is 7.71. The minimum absolute atomic E-state index is 0.0829. The molecule has 0 saturated carbocycles. The maximum absolute atomic E-state index is 9.03. The number of pyridine rings is 1. The van der Waals surface area contributed by atoms with Crippen LogP contribution in [-0.2, 0) is 0 Å². The van der Waals surface area contributed by atoms with E-state index < -0.39 is 0 Å². The van der Waals surface area contributed by atoms with Crippen molar-refractivity contribution in [3.63, 3.8) is 0 Å². The molecule has 0 saturated heterocycles. The van der Waals surface area contributed by atoms with Gasteiger partial charge in [-0.1, -0.05) is 0 Å². The monoisotopic (exact) mass is 244 g/mol. The fraction of sp³-hybridized carbons (Fsp3) is 0.444. The molecule has 1 aromatic heterocycles. The standard InChI is InChI=1S/C9H13BrN2O/c1-9(2,6-13)12-8-3-7(10)4-11-5-8/h3-5,12-13H,6H2,1-2H3. The third-order valence-corrected chi connectivity index (χ3v) is 2.02. The van der Waals surface area contributed by atoms with Gasteiger partial charge in [-0.2, -0.15) is 0 Å². The molecule has 0 aromatic carbocycles. The second kappa shape index (κ2) is 4.07. The van der Waals surface area contributed by atoms with E-state index in [1.807, 2.05) is 19.9 Å². The maximum atomic E-state index is 9.03. The van der Waals surface area contributed by atoms with E-state index in [9.17, 15) is 0 Å². The van der Waals surface area contributed by atoms with E-state index in [1.54, 1.807) is 12.4 Å². The molecule has 0 spiro atoms. The number of nitrogens with zero attached hydrogens (tertiary/aromatic N) is 1. The Morgan fingerprint density at radius 1 is 1.54 bits per heavy atom. The average Bonchev–Trinajstić information content (AvgIpc) is 2.03. The largest absolute Gasteiger partial charge is 0.394 e. The molecule has 1 aromatic rings. The van der Waals surface area contributed by atoms with Crippen molar-refractivity contribution >= 4 is 21.6 Å². The summed E-state index contributed by atoms with van der Waals surface area (Å²) in [5, 5.41) is 12.2. The Bertz CT molecular complexity index is 289. The van der Waals surface area contributed by atoms with Crippen LogP contribution >= 0.6 is 15.9 Å². The van der Waals surface area contributed by atoms with Crippen LogP contribution in [0.4, 0.5) is 5.69 Å². The third-order valence-electron chi connectivity index (χ3n) is 1.58. The second-order valence-electron chi connectivity index (χ2n) is 3.56. The molecule has 0 atom stereocenters. The van der Waals surface area contributed by atoms with Crippen molar-refractivity contribution in [2.45, 2.75) is 19.4 Å². The van der Waals surface area contributed by atoms with Crippen LogP contribution < -0.4 is 5.32 Å². The quantitative estimate of drug-likeness (QED) is 0.856. The summed E-state index contributed by atoms with van der Waals surface area (Å²) in [5.41, 5.74) is 0.580. The fourth-order valence-corrected chi connectivity index (χ4v) is 1.28. The molecule has 1 rings (SSSR count). The van der Waals surface area contributed by atoms with E-state index in [0.29, 0.717) is 0 Å². The molecule has 0 unspecified atom stereocenters. The molecule has 0 radical (unpaired) electrons. The highest BCUT2D eigenvalue weighted by molar-refractivity contribution is 9.10. The molecule has 2 N–H and O–H groups in total. The first-order valence-corrected chi connectivity index (χ1v) is 4.82.